The van der Waals surface area contributed by atoms with Crippen LogP contribution in [0.25, 0.3) is 11.3 Å². The molecule has 3 N–H and O–H groups in total. The Bertz CT molecular complexity index is 1510. The molecule has 11 heteroatoms. The van der Waals surface area contributed by atoms with Gasteiger partial charge < -0.3 is 15.4 Å². The molecular weight excluding hydrogens is 521 g/mol. The average molecular weight is 554 g/mol. The molecule has 0 bridgehead atoms. The third-order valence-corrected chi connectivity index (χ3v) is 8.49. The third kappa shape index (κ3) is 5.54. The van der Waals surface area contributed by atoms with Crippen LogP contribution in [0.1, 0.15) is 56.3 Å². The highest BCUT2D eigenvalue weighted by atomic mass is 32.2. The lowest BCUT2D eigenvalue weighted by atomic mass is 9.75. The van der Waals surface area contributed by atoms with Crippen molar-refractivity contribution in [2.75, 3.05) is 23.8 Å². The molecule has 3 aromatic rings. The molecule has 2 fully saturated rings. The quantitative estimate of drug-likeness (QED) is 0.416. The topological polar surface area (TPSA) is 128 Å². The summed E-state index contributed by atoms with van der Waals surface area (Å²) in [6.07, 6.45) is 4.93. The summed E-state index contributed by atoms with van der Waals surface area (Å²) >= 11 is 0. The summed E-state index contributed by atoms with van der Waals surface area (Å²) in [6.45, 7) is 5.14. The van der Waals surface area contributed by atoms with Gasteiger partial charge in [0.05, 0.1) is 17.9 Å². The van der Waals surface area contributed by atoms with E-state index in [1.807, 2.05) is 13.8 Å². The molecule has 0 radical (unpaired) electrons. The number of sulfonamides is 1. The monoisotopic (exact) mass is 553 g/mol. The number of benzene rings is 1. The van der Waals surface area contributed by atoms with Gasteiger partial charge in [0, 0.05) is 23.7 Å². The minimum Gasteiger partial charge on any atom is -0.493 e. The SMILES string of the molecule is CC(C)COc1cc(F)cc(-c2ccc(C(=O)NS(=O)(=O)c3cccc(N)n3)c(N3CCCC34CCC4)n2)c1. The smallest absolute Gasteiger partial charge is 0.281 e. The summed E-state index contributed by atoms with van der Waals surface area (Å²) in [5.41, 5.74) is 6.61. The van der Waals surface area contributed by atoms with E-state index >= 15 is 0 Å². The highest BCUT2D eigenvalue weighted by molar-refractivity contribution is 7.90. The summed E-state index contributed by atoms with van der Waals surface area (Å²) in [7, 11) is -4.28. The molecule has 206 valence electrons. The Labute approximate surface area is 227 Å². The summed E-state index contributed by atoms with van der Waals surface area (Å²) < 4.78 is 48.3. The molecule has 3 heterocycles. The Balaban J connectivity index is 1.53. The number of hydrogen-bond acceptors (Lipinski definition) is 8. The molecule has 5 rings (SSSR count). The molecule has 2 aromatic heterocycles. The van der Waals surface area contributed by atoms with Gasteiger partial charge >= 0.3 is 0 Å². The molecule has 1 aliphatic carbocycles. The number of ether oxygens (including phenoxy) is 1. The molecular formula is C28H32FN5O4S. The lowest BCUT2D eigenvalue weighted by molar-refractivity contribution is 0.0981. The Hall–Kier alpha value is -3.73. The standard InChI is InChI=1S/C28H32FN5O4S/c1-18(2)17-38-21-15-19(14-20(29)16-21)23-9-8-22(26(31-23)34-13-5-12-28(34)10-4-11-28)27(35)33-39(36,37)25-7-3-6-24(30)32-25/h3,6-9,14-16,18H,4-5,10-13,17H2,1-2H3,(H2,30,32)(H,33,35). The van der Waals surface area contributed by atoms with E-state index in [9.17, 15) is 17.6 Å². The number of anilines is 2. The van der Waals surface area contributed by atoms with Gasteiger partial charge in [-0.1, -0.05) is 19.9 Å². The first-order valence-electron chi connectivity index (χ1n) is 13.1. The van der Waals surface area contributed by atoms with Crippen LogP contribution in [0.3, 0.4) is 0 Å². The zero-order valence-electron chi connectivity index (χ0n) is 22.0. The lowest BCUT2D eigenvalue weighted by Crippen LogP contribution is -2.50. The maximum absolute atomic E-state index is 14.5. The number of halogens is 1. The van der Waals surface area contributed by atoms with E-state index in [0.717, 1.165) is 32.1 Å². The van der Waals surface area contributed by atoms with E-state index in [1.165, 1.54) is 30.3 Å². The fourth-order valence-electron chi connectivity index (χ4n) is 5.23. The Morgan fingerprint density at radius 2 is 1.90 bits per heavy atom. The number of nitrogens with two attached hydrogens (primary N) is 1. The first-order chi connectivity index (χ1) is 18.6. The van der Waals surface area contributed by atoms with Crippen LogP contribution in [0.5, 0.6) is 5.75 Å². The van der Waals surface area contributed by atoms with E-state index in [2.05, 4.69) is 14.6 Å². The maximum atomic E-state index is 14.5. The second-order valence-electron chi connectivity index (χ2n) is 10.6. The third-order valence-electron chi connectivity index (χ3n) is 7.25. The van der Waals surface area contributed by atoms with Crippen LogP contribution >= 0.6 is 0 Å². The van der Waals surface area contributed by atoms with Crippen LogP contribution in [0.4, 0.5) is 16.0 Å². The zero-order chi connectivity index (χ0) is 27.8. The largest absolute Gasteiger partial charge is 0.493 e. The van der Waals surface area contributed by atoms with Gasteiger partial charge in [-0.25, -0.2) is 19.1 Å². The number of nitrogen functional groups attached to an aromatic ring is 1. The highest BCUT2D eigenvalue weighted by Gasteiger charge is 2.47. The van der Waals surface area contributed by atoms with Gasteiger partial charge in [0.2, 0.25) is 0 Å². The Morgan fingerprint density at radius 1 is 1.13 bits per heavy atom. The molecule has 1 spiro atoms. The van der Waals surface area contributed by atoms with Crippen LogP contribution < -0.4 is 20.1 Å². The van der Waals surface area contributed by atoms with Gasteiger partial charge in [-0.3, -0.25) is 4.79 Å². The lowest BCUT2D eigenvalue weighted by Gasteiger charge is -2.47. The normalized spacial score (nSPS) is 16.4. The van der Waals surface area contributed by atoms with Crippen molar-refractivity contribution >= 4 is 27.6 Å². The van der Waals surface area contributed by atoms with E-state index in [0.29, 0.717) is 36.0 Å². The predicted molar refractivity (Wildman–Crippen MR) is 146 cm³/mol. The number of carbonyl (C=O) groups is 1. The van der Waals surface area contributed by atoms with Gasteiger partial charge in [0.1, 0.15) is 23.2 Å². The first-order valence-corrected chi connectivity index (χ1v) is 14.6. The summed E-state index contributed by atoms with van der Waals surface area (Å²) in [4.78, 5) is 24.2. The number of nitrogens with zero attached hydrogens (tertiary/aromatic N) is 3. The van der Waals surface area contributed by atoms with Gasteiger partial charge in [0.25, 0.3) is 15.9 Å². The molecule has 2 aliphatic rings. The van der Waals surface area contributed by atoms with Crippen molar-refractivity contribution in [2.24, 2.45) is 5.92 Å². The molecule has 9 nitrogen and oxygen atoms in total. The van der Waals surface area contributed by atoms with Gasteiger partial charge in [-0.15, -0.1) is 0 Å². The van der Waals surface area contributed by atoms with E-state index in [1.54, 1.807) is 18.2 Å². The van der Waals surface area contributed by atoms with Gasteiger partial charge in [-0.2, -0.15) is 8.42 Å². The molecule has 1 amide bonds. The van der Waals surface area contributed by atoms with Crippen molar-refractivity contribution in [1.29, 1.82) is 0 Å². The predicted octanol–water partition coefficient (Wildman–Crippen LogP) is 4.54. The fourth-order valence-corrected chi connectivity index (χ4v) is 6.17. The summed E-state index contributed by atoms with van der Waals surface area (Å²) in [5.74, 6) is -0.226. The van der Waals surface area contributed by atoms with E-state index in [4.69, 9.17) is 15.5 Å². The average Bonchev–Trinajstić information content (AvgIpc) is 3.33. The summed E-state index contributed by atoms with van der Waals surface area (Å²) in [6, 6.07) is 11.7. The Kier molecular flexibility index (Phi) is 7.19. The Morgan fingerprint density at radius 3 is 2.59 bits per heavy atom. The van der Waals surface area contributed by atoms with E-state index in [-0.39, 0.29) is 27.9 Å². The van der Waals surface area contributed by atoms with Crippen LogP contribution in [0, 0.1) is 11.7 Å². The second-order valence-corrected chi connectivity index (χ2v) is 12.2. The molecule has 1 saturated heterocycles. The van der Waals surface area contributed by atoms with Gasteiger partial charge in [-0.05, 0) is 74.4 Å². The maximum Gasteiger partial charge on any atom is 0.281 e. The molecule has 1 aromatic carbocycles. The van der Waals surface area contributed by atoms with Crippen LogP contribution in [0.15, 0.2) is 53.6 Å². The number of aromatic nitrogens is 2. The number of pyridine rings is 2. The van der Waals surface area contributed by atoms with Crippen molar-refractivity contribution in [3.05, 3.63) is 59.9 Å². The molecule has 1 aliphatic heterocycles. The second kappa shape index (κ2) is 10.4. The number of amides is 1. The number of rotatable bonds is 8. The van der Waals surface area contributed by atoms with Crippen LogP contribution in [-0.2, 0) is 10.0 Å². The van der Waals surface area contributed by atoms with Crippen molar-refractivity contribution in [2.45, 2.75) is 56.5 Å². The van der Waals surface area contributed by atoms with Crippen molar-refractivity contribution < 1.29 is 22.3 Å². The van der Waals surface area contributed by atoms with Crippen LogP contribution in [-0.4, -0.2) is 43.0 Å². The van der Waals surface area contributed by atoms with Crippen molar-refractivity contribution in [3.8, 4) is 17.0 Å². The van der Waals surface area contributed by atoms with Gasteiger partial charge in [0.15, 0.2) is 5.03 Å². The highest BCUT2D eigenvalue weighted by Crippen LogP contribution is 2.48. The molecule has 0 unspecified atom stereocenters. The number of nitrogens with one attached hydrogen (secondary N) is 1. The molecule has 0 atom stereocenters. The molecule has 39 heavy (non-hydrogen) atoms. The van der Waals surface area contributed by atoms with Crippen molar-refractivity contribution in [1.82, 2.24) is 14.7 Å². The number of carbonyl (C=O) groups excluding carboxylic acids is 1. The molecule has 1 saturated carbocycles. The van der Waals surface area contributed by atoms with Crippen LogP contribution in [0.2, 0.25) is 0 Å². The zero-order valence-corrected chi connectivity index (χ0v) is 22.8. The number of hydrogen-bond donors (Lipinski definition) is 2. The minimum absolute atomic E-state index is 0.0212. The van der Waals surface area contributed by atoms with Crippen molar-refractivity contribution in [3.63, 3.8) is 0 Å². The first kappa shape index (κ1) is 26.9. The fraction of sp³-hybridized carbons (Fsp3) is 0.393. The van der Waals surface area contributed by atoms with E-state index < -0.39 is 21.7 Å². The summed E-state index contributed by atoms with van der Waals surface area (Å²) in [5, 5.41) is -0.354. The minimum atomic E-state index is -4.28.